The molecule has 2 rings (SSSR count). The molecular weight excluding hydrogens is 288 g/mol. The van der Waals surface area contributed by atoms with E-state index in [0.717, 1.165) is 38.3 Å². The Morgan fingerprint density at radius 1 is 1.38 bits per heavy atom. The van der Waals surface area contributed by atoms with E-state index in [0.29, 0.717) is 23.9 Å². The van der Waals surface area contributed by atoms with Crippen molar-refractivity contribution in [1.29, 1.82) is 0 Å². The predicted molar refractivity (Wildman–Crippen MR) is 84.9 cm³/mol. The maximum atomic E-state index is 11.9. The summed E-state index contributed by atoms with van der Waals surface area (Å²) in [5, 5.41) is 3.56. The normalized spacial score (nSPS) is 15.8. The van der Waals surface area contributed by atoms with Gasteiger partial charge in [0, 0.05) is 19.6 Å². The summed E-state index contributed by atoms with van der Waals surface area (Å²) < 4.78 is 5.58. The number of urea groups is 1. The Kier molecular flexibility index (Phi) is 6.18. The zero-order chi connectivity index (χ0) is 15.1. The third kappa shape index (κ3) is 5.12. The van der Waals surface area contributed by atoms with Crippen molar-refractivity contribution in [2.45, 2.75) is 26.2 Å². The number of amides is 2. The highest BCUT2D eigenvalue weighted by Gasteiger charge is 2.19. The minimum absolute atomic E-state index is 0.0413. The van der Waals surface area contributed by atoms with Gasteiger partial charge in [-0.25, -0.2) is 4.79 Å². The fourth-order valence-electron chi connectivity index (χ4n) is 2.33. The molecule has 21 heavy (non-hydrogen) atoms. The Balaban J connectivity index is 1.59. The largest absolute Gasteiger partial charge is 0.492 e. The number of nitrogens with zero attached hydrogens (tertiary/aromatic N) is 1. The Morgan fingerprint density at radius 3 is 2.81 bits per heavy atom. The Hall–Kier alpha value is -1.42. The number of nitrogens with one attached hydrogen (secondary N) is 1. The first-order chi connectivity index (χ1) is 10.2. The summed E-state index contributed by atoms with van der Waals surface area (Å²) in [7, 11) is 0. The molecule has 1 aromatic carbocycles. The molecule has 116 valence electrons. The first-order valence-corrected chi connectivity index (χ1v) is 7.94. The maximum Gasteiger partial charge on any atom is 0.317 e. The van der Waals surface area contributed by atoms with Crippen LogP contribution in [0.4, 0.5) is 4.79 Å². The molecule has 0 radical (unpaired) electrons. The number of ether oxygens (including phenoxy) is 1. The van der Waals surface area contributed by atoms with Crippen LogP contribution in [0.5, 0.6) is 5.75 Å². The number of carbonyl (C=O) groups excluding carboxylic acids is 1. The highest BCUT2D eigenvalue weighted by molar-refractivity contribution is 6.32. The van der Waals surface area contributed by atoms with Crippen molar-refractivity contribution in [2.75, 3.05) is 26.2 Å². The molecule has 1 fully saturated rings. The van der Waals surface area contributed by atoms with Gasteiger partial charge in [-0.1, -0.05) is 30.7 Å². The summed E-state index contributed by atoms with van der Waals surface area (Å²) in [4.78, 5) is 13.8. The van der Waals surface area contributed by atoms with Gasteiger partial charge in [0.25, 0.3) is 0 Å². The van der Waals surface area contributed by atoms with Crippen LogP contribution < -0.4 is 10.1 Å². The lowest BCUT2D eigenvalue weighted by Crippen LogP contribution is -2.44. The van der Waals surface area contributed by atoms with Crippen LogP contribution in [0, 0.1) is 5.92 Å². The fraction of sp³-hybridized carbons (Fsp3) is 0.562. The number of hydrogen-bond donors (Lipinski definition) is 1. The molecule has 2 amide bonds. The lowest BCUT2D eigenvalue weighted by molar-refractivity contribution is 0.173. The van der Waals surface area contributed by atoms with Crippen molar-refractivity contribution in [3.05, 3.63) is 29.3 Å². The van der Waals surface area contributed by atoms with Crippen molar-refractivity contribution < 1.29 is 9.53 Å². The van der Waals surface area contributed by atoms with E-state index in [2.05, 4.69) is 12.2 Å². The summed E-state index contributed by atoms with van der Waals surface area (Å²) in [6.07, 6.45) is 2.97. The van der Waals surface area contributed by atoms with Gasteiger partial charge < -0.3 is 15.0 Å². The number of benzene rings is 1. The van der Waals surface area contributed by atoms with Crippen molar-refractivity contribution in [2.24, 2.45) is 5.92 Å². The molecule has 0 saturated carbocycles. The van der Waals surface area contributed by atoms with Crippen molar-refractivity contribution in [3.63, 3.8) is 0 Å². The average molecular weight is 311 g/mol. The quantitative estimate of drug-likeness (QED) is 0.845. The molecule has 0 aliphatic carbocycles. The molecule has 0 spiro atoms. The van der Waals surface area contributed by atoms with Crippen LogP contribution in [0.15, 0.2) is 24.3 Å². The Labute approximate surface area is 131 Å². The van der Waals surface area contributed by atoms with Gasteiger partial charge in [0.15, 0.2) is 0 Å². The molecular formula is C16H23ClN2O2. The molecule has 0 aromatic heterocycles. The maximum absolute atomic E-state index is 11.9. The van der Waals surface area contributed by atoms with Gasteiger partial charge in [-0.15, -0.1) is 0 Å². The molecule has 4 nitrogen and oxygen atoms in total. The molecule has 1 saturated heterocycles. The van der Waals surface area contributed by atoms with E-state index in [4.69, 9.17) is 16.3 Å². The van der Waals surface area contributed by atoms with Gasteiger partial charge in [-0.05, 0) is 37.3 Å². The molecule has 5 heteroatoms. The van der Waals surface area contributed by atoms with Crippen molar-refractivity contribution in [3.8, 4) is 5.75 Å². The van der Waals surface area contributed by atoms with E-state index >= 15 is 0 Å². The lowest BCUT2D eigenvalue weighted by Gasteiger charge is -2.30. The molecule has 0 bridgehead atoms. The molecule has 1 aliphatic heterocycles. The number of rotatable bonds is 5. The molecule has 1 aromatic rings. The second kappa shape index (κ2) is 8.13. The van der Waals surface area contributed by atoms with E-state index in [9.17, 15) is 4.79 Å². The molecule has 0 atom stereocenters. The lowest BCUT2D eigenvalue weighted by atomic mass is 10.00. The number of likely N-dealkylation sites (tertiary alicyclic amines) is 1. The van der Waals surface area contributed by atoms with Crippen LogP contribution in [-0.4, -0.2) is 37.2 Å². The van der Waals surface area contributed by atoms with E-state index in [-0.39, 0.29) is 6.03 Å². The predicted octanol–water partition coefficient (Wildman–Crippen LogP) is 3.55. The third-order valence-electron chi connectivity index (χ3n) is 3.76. The SMILES string of the molecule is CC1CCN(C(=O)NCCCOc2ccccc2Cl)CC1. The van der Waals surface area contributed by atoms with Crippen molar-refractivity contribution >= 4 is 17.6 Å². The van der Waals surface area contributed by atoms with Gasteiger partial charge >= 0.3 is 6.03 Å². The Bertz CT molecular complexity index is 459. The zero-order valence-electron chi connectivity index (χ0n) is 12.5. The van der Waals surface area contributed by atoms with Crippen LogP contribution in [0.25, 0.3) is 0 Å². The highest BCUT2D eigenvalue weighted by Crippen LogP contribution is 2.23. The van der Waals surface area contributed by atoms with E-state index < -0.39 is 0 Å². The fourth-order valence-corrected chi connectivity index (χ4v) is 2.53. The minimum Gasteiger partial charge on any atom is -0.492 e. The topological polar surface area (TPSA) is 41.6 Å². The number of carbonyl (C=O) groups is 1. The number of hydrogen-bond acceptors (Lipinski definition) is 2. The standard InChI is InChI=1S/C16H23ClN2O2/c1-13-7-10-19(11-8-13)16(20)18-9-4-12-21-15-6-3-2-5-14(15)17/h2-3,5-6,13H,4,7-12H2,1H3,(H,18,20). The minimum atomic E-state index is 0.0413. The second-order valence-corrected chi connectivity index (χ2v) is 5.94. The van der Waals surface area contributed by atoms with Gasteiger partial charge in [-0.2, -0.15) is 0 Å². The first-order valence-electron chi connectivity index (χ1n) is 7.57. The molecule has 1 aliphatic rings. The van der Waals surface area contributed by atoms with Crippen LogP contribution in [0.1, 0.15) is 26.2 Å². The van der Waals surface area contributed by atoms with E-state index in [1.165, 1.54) is 0 Å². The summed E-state index contributed by atoms with van der Waals surface area (Å²) in [6, 6.07) is 7.45. The van der Waals surface area contributed by atoms with Crippen molar-refractivity contribution in [1.82, 2.24) is 10.2 Å². The zero-order valence-corrected chi connectivity index (χ0v) is 13.2. The van der Waals surface area contributed by atoms with Gasteiger partial charge in [0.2, 0.25) is 0 Å². The summed E-state index contributed by atoms with van der Waals surface area (Å²) in [5.74, 6) is 1.42. The van der Waals surface area contributed by atoms with Crippen LogP contribution in [0.3, 0.4) is 0 Å². The molecule has 1 N–H and O–H groups in total. The van der Waals surface area contributed by atoms with Gasteiger partial charge in [0.05, 0.1) is 11.6 Å². The number of piperidine rings is 1. The van der Waals surface area contributed by atoms with E-state index in [1.54, 1.807) is 6.07 Å². The summed E-state index contributed by atoms with van der Waals surface area (Å²) in [5.41, 5.74) is 0. The van der Waals surface area contributed by atoms with Crippen LogP contribution >= 0.6 is 11.6 Å². The summed E-state index contributed by atoms with van der Waals surface area (Å²) >= 11 is 6.00. The second-order valence-electron chi connectivity index (χ2n) is 5.53. The van der Waals surface area contributed by atoms with Gasteiger partial charge in [0.1, 0.15) is 5.75 Å². The number of para-hydroxylation sites is 1. The highest BCUT2D eigenvalue weighted by atomic mass is 35.5. The summed E-state index contributed by atoms with van der Waals surface area (Å²) in [6.45, 7) is 5.13. The van der Waals surface area contributed by atoms with Crippen LogP contribution in [0.2, 0.25) is 5.02 Å². The smallest absolute Gasteiger partial charge is 0.317 e. The molecule has 0 unspecified atom stereocenters. The third-order valence-corrected chi connectivity index (χ3v) is 4.07. The Morgan fingerprint density at radius 2 is 2.10 bits per heavy atom. The van der Waals surface area contributed by atoms with Gasteiger partial charge in [-0.3, -0.25) is 0 Å². The molecule has 1 heterocycles. The first kappa shape index (κ1) is 16.0. The van der Waals surface area contributed by atoms with Crippen LogP contribution in [-0.2, 0) is 0 Å². The average Bonchev–Trinajstić information content (AvgIpc) is 2.49. The monoisotopic (exact) mass is 310 g/mol. The van der Waals surface area contributed by atoms with E-state index in [1.807, 2.05) is 23.1 Å². The number of halogens is 1.